The number of hydrogen-bond donors (Lipinski definition) is 2. The molecule has 2 N–H and O–H groups in total. The van der Waals surface area contributed by atoms with E-state index in [-0.39, 0.29) is 18.0 Å². The number of anilines is 1. The number of urea groups is 1. The van der Waals surface area contributed by atoms with Crippen LogP contribution < -0.4 is 15.5 Å². The number of aromatic nitrogens is 1. The van der Waals surface area contributed by atoms with Crippen LogP contribution in [0.5, 0.6) is 0 Å². The van der Waals surface area contributed by atoms with Crippen molar-refractivity contribution >= 4 is 17.6 Å². The van der Waals surface area contributed by atoms with E-state index < -0.39 is 0 Å². The summed E-state index contributed by atoms with van der Waals surface area (Å²) in [6.07, 6.45) is 4.21. The van der Waals surface area contributed by atoms with Gasteiger partial charge >= 0.3 is 6.03 Å². The van der Waals surface area contributed by atoms with Crippen LogP contribution in [0.2, 0.25) is 0 Å². The summed E-state index contributed by atoms with van der Waals surface area (Å²) in [6.45, 7) is 0.970. The number of amides is 3. The van der Waals surface area contributed by atoms with E-state index in [1.54, 1.807) is 4.90 Å². The Morgan fingerprint density at radius 1 is 1.26 bits per heavy atom. The molecule has 1 aliphatic heterocycles. The van der Waals surface area contributed by atoms with Gasteiger partial charge in [-0.05, 0) is 23.8 Å². The normalized spacial score (nSPS) is 17.3. The Balaban J connectivity index is 1.51. The third kappa shape index (κ3) is 3.71. The molecule has 2 aromatic rings. The van der Waals surface area contributed by atoms with Crippen LogP contribution in [0.25, 0.3) is 0 Å². The average molecular weight is 312 g/mol. The number of aryl methyl sites for hydroxylation is 1. The Morgan fingerprint density at radius 3 is 2.74 bits per heavy atom. The van der Waals surface area contributed by atoms with E-state index in [1.807, 2.05) is 60.4 Å². The van der Waals surface area contributed by atoms with Crippen LogP contribution in [0.4, 0.5) is 10.5 Å². The van der Waals surface area contributed by atoms with Crippen LogP contribution in [0.15, 0.2) is 48.8 Å². The first kappa shape index (κ1) is 15.1. The molecule has 1 aromatic heterocycles. The Morgan fingerprint density at radius 2 is 2.04 bits per heavy atom. The quantitative estimate of drug-likeness (QED) is 0.901. The summed E-state index contributed by atoms with van der Waals surface area (Å²) in [5.41, 5.74) is 1.91. The van der Waals surface area contributed by atoms with E-state index in [9.17, 15) is 9.59 Å². The van der Waals surface area contributed by atoms with Crippen molar-refractivity contribution in [1.82, 2.24) is 15.2 Å². The van der Waals surface area contributed by atoms with Crippen molar-refractivity contribution < 1.29 is 9.59 Å². The minimum Gasteiger partial charge on any atom is -0.357 e. The Hall–Kier alpha value is -2.76. The van der Waals surface area contributed by atoms with Gasteiger partial charge in [-0.1, -0.05) is 18.2 Å². The lowest BCUT2D eigenvalue weighted by Gasteiger charge is -2.17. The molecule has 0 saturated carbocycles. The van der Waals surface area contributed by atoms with Gasteiger partial charge in [0.05, 0.1) is 6.04 Å². The first-order valence-corrected chi connectivity index (χ1v) is 7.62. The van der Waals surface area contributed by atoms with Gasteiger partial charge in [-0.2, -0.15) is 0 Å². The SMILES string of the molecule is Cn1ccc(CNC(=O)N[C@H]2CC(=O)N(c3ccccc3)C2)c1. The van der Waals surface area contributed by atoms with Crippen LogP contribution in [0, 0.1) is 0 Å². The van der Waals surface area contributed by atoms with Crippen LogP contribution >= 0.6 is 0 Å². The van der Waals surface area contributed by atoms with Gasteiger partial charge in [-0.3, -0.25) is 4.79 Å². The topological polar surface area (TPSA) is 66.4 Å². The molecule has 2 heterocycles. The van der Waals surface area contributed by atoms with Crippen molar-refractivity contribution in [2.24, 2.45) is 7.05 Å². The maximum absolute atomic E-state index is 12.1. The number of hydrogen-bond acceptors (Lipinski definition) is 2. The summed E-state index contributed by atoms with van der Waals surface area (Å²) in [5, 5.41) is 5.68. The summed E-state index contributed by atoms with van der Waals surface area (Å²) in [5.74, 6) is 0.0320. The molecule has 120 valence electrons. The second-order valence-corrected chi connectivity index (χ2v) is 5.75. The van der Waals surface area contributed by atoms with Gasteiger partial charge in [-0.25, -0.2) is 4.79 Å². The molecule has 6 heteroatoms. The lowest BCUT2D eigenvalue weighted by atomic mass is 10.2. The summed E-state index contributed by atoms with van der Waals surface area (Å²) in [4.78, 5) is 25.8. The monoisotopic (exact) mass is 312 g/mol. The lowest BCUT2D eigenvalue weighted by Crippen LogP contribution is -2.43. The summed E-state index contributed by atoms with van der Waals surface area (Å²) >= 11 is 0. The molecule has 6 nitrogen and oxygen atoms in total. The van der Waals surface area contributed by atoms with Crippen LogP contribution in [-0.2, 0) is 18.4 Å². The third-order valence-corrected chi connectivity index (χ3v) is 3.87. The van der Waals surface area contributed by atoms with E-state index in [4.69, 9.17) is 0 Å². The fourth-order valence-electron chi connectivity index (χ4n) is 2.75. The van der Waals surface area contributed by atoms with Crippen molar-refractivity contribution in [3.63, 3.8) is 0 Å². The Labute approximate surface area is 135 Å². The number of nitrogens with one attached hydrogen (secondary N) is 2. The number of nitrogens with zero attached hydrogens (tertiary/aromatic N) is 2. The second-order valence-electron chi connectivity index (χ2n) is 5.75. The molecule has 0 unspecified atom stereocenters. The fraction of sp³-hybridized carbons (Fsp3) is 0.294. The molecule has 1 fully saturated rings. The van der Waals surface area contributed by atoms with Crippen molar-refractivity contribution in [2.75, 3.05) is 11.4 Å². The Kier molecular flexibility index (Phi) is 4.32. The molecule has 23 heavy (non-hydrogen) atoms. The fourth-order valence-corrected chi connectivity index (χ4v) is 2.75. The highest BCUT2D eigenvalue weighted by Gasteiger charge is 2.31. The smallest absolute Gasteiger partial charge is 0.315 e. The van der Waals surface area contributed by atoms with Gasteiger partial charge in [0.15, 0.2) is 0 Å². The second kappa shape index (κ2) is 6.56. The zero-order chi connectivity index (χ0) is 16.2. The van der Waals surface area contributed by atoms with Crippen LogP contribution in [0.3, 0.4) is 0 Å². The minimum atomic E-state index is -0.249. The summed E-state index contributed by atoms with van der Waals surface area (Å²) < 4.78 is 1.93. The molecule has 0 spiro atoms. The molecule has 3 amide bonds. The van der Waals surface area contributed by atoms with E-state index >= 15 is 0 Å². The molecular formula is C17H20N4O2. The number of carbonyl (C=O) groups is 2. The van der Waals surface area contributed by atoms with Crippen molar-refractivity contribution in [2.45, 2.75) is 19.0 Å². The number of benzene rings is 1. The maximum atomic E-state index is 12.1. The molecule has 1 aliphatic rings. The standard InChI is InChI=1S/C17H20N4O2/c1-20-8-7-13(11-20)10-18-17(23)19-14-9-16(22)21(12-14)15-5-3-2-4-6-15/h2-8,11,14H,9-10,12H2,1H3,(H2,18,19,23)/t14-/m0/s1. The van der Waals surface area contributed by atoms with Gasteiger partial charge < -0.3 is 20.1 Å². The number of rotatable bonds is 4. The van der Waals surface area contributed by atoms with E-state index in [0.717, 1.165) is 11.3 Å². The minimum absolute atomic E-state index is 0.0320. The number of para-hydroxylation sites is 1. The van der Waals surface area contributed by atoms with Crippen molar-refractivity contribution in [3.05, 3.63) is 54.4 Å². The van der Waals surface area contributed by atoms with Crippen molar-refractivity contribution in [3.8, 4) is 0 Å². The first-order valence-electron chi connectivity index (χ1n) is 7.62. The molecule has 0 radical (unpaired) electrons. The molecule has 3 rings (SSSR count). The third-order valence-electron chi connectivity index (χ3n) is 3.87. The molecule has 1 aromatic carbocycles. The highest BCUT2D eigenvalue weighted by atomic mass is 16.2. The molecule has 1 atom stereocenters. The van der Waals surface area contributed by atoms with Gasteiger partial charge in [0, 0.05) is 44.6 Å². The summed E-state index contributed by atoms with van der Waals surface area (Å²) in [7, 11) is 1.94. The summed E-state index contributed by atoms with van der Waals surface area (Å²) in [6, 6.07) is 11.0. The predicted octanol–water partition coefficient (Wildman–Crippen LogP) is 1.63. The van der Waals surface area contributed by atoms with Gasteiger partial charge in [-0.15, -0.1) is 0 Å². The zero-order valence-electron chi connectivity index (χ0n) is 13.0. The van der Waals surface area contributed by atoms with E-state index in [1.165, 1.54) is 0 Å². The van der Waals surface area contributed by atoms with Crippen molar-refractivity contribution in [1.29, 1.82) is 0 Å². The largest absolute Gasteiger partial charge is 0.357 e. The highest BCUT2D eigenvalue weighted by Crippen LogP contribution is 2.20. The van der Waals surface area contributed by atoms with Gasteiger partial charge in [0.25, 0.3) is 0 Å². The number of carbonyl (C=O) groups excluding carboxylic acids is 2. The average Bonchev–Trinajstić information content (AvgIpc) is 3.12. The van der Waals surface area contributed by atoms with Gasteiger partial charge in [0.2, 0.25) is 5.91 Å². The van der Waals surface area contributed by atoms with E-state index in [2.05, 4.69) is 10.6 Å². The van der Waals surface area contributed by atoms with Crippen LogP contribution in [-0.4, -0.2) is 29.1 Å². The van der Waals surface area contributed by atoms with Gasteiger partial charge in [0.1, 0.15) is 0 Å². The predicted molar refractivity (Wildman–Crippen MR) is 88.0 cm³/mol. The first-order chi connectivity index (χ1) is 11.1. The molecule has 0 bridgehead atoms. The zero-order valence-corrected chi connectivity index (χ0v) is 13.0. The highest BCUT2D eigenvalue weighted by molar-refractivity contribution is 5.96. The molecule has 0 aliphatic carbocycles. The molecule has 1 saturated heterocycles. The molecular weight excluding hydrogens is 292 g/mol. The lowest BCUT2D eigenvalue weighted by molar-refractivity contribution is -0.117. The van der Waals surface area contributed by atoms with E-state index in [0.29, 0.717) is 19.5 Å². The maximum Gasteiger partial charge on any atom is 0.315 e. The Bertz CT molecular complexity index is 696. The van der Waals surface area contributed by atoms with Crippen LogP contribution in [0.1, 0.15) is 12.0 Å².